The average Bonchev–Trinajstić information content (AvgIpc) is 2.72. The first-order valence-electron chi connectivity index (χ1n) is 6.40. The SMILES string of the molecule is CN1CCCN(C)C(C(=N)N2CCCC2)C1. The van der Waals surface area contributed by atoms with Gasteiger partial charge >= 0.3 is 0 Å². The zero-order valence-electron chi connectivity index (χ0n) is 10.6. The van der Waals surface area contributed by atoms with Gasteiger partial charge in [-0.1, -0.05) is 0 Å². The maximum atomic E-state index is 8.36. The fraction of sp³-hybridized carbons (Fsp3) is 0.917. The Kier molecular flexibility index (Phi) is 3.82. The van der Waals surface area contributed by atoms with E-state index in [1.54, 1.807) is 0 Å². The third-order valence-corrected chi connectivity index (χ3v) is 3.83. The van der Waals surface area contributed by atoms with Gasteiger partial charge in [0.15, 0.2) is 0 Å². The molecular formula is C12H24N4. The second-order valence-electron chi connectivity index (χ2n) is 5.19. The number of amidine groups is 1. The highest BCUT2D eigenvalue weighted by atomic mass is 15.3. The molecule has 2 saturated heterocycles. The molecule has 0 radical (unpaired) electrons. The van der Waals surface area contributed by atoms with Crippen molar-refractivity contribution in [2.75, 3.05) is 46.8 Å². The van der Waals surface area contributed by atoms with Crippen molar-refractivity contribution < 1.29 is 0 Å². The van der Waals surface area contributed by atoms with Crippen molar-refractivity contribution in [3.8, 4) is 0 Å². The van der Waals surface area contributed by atoms with Crippen molar-refractivity contribution in [3.05, 3.63) is 0 Å². The molecule has 1 N–H and O–H groups in total. The Morgan fingerprint density at radius 2 is 1.69 bits per heavy atom. The Morgan fingerprint density at radius 1 is 1.00 bits per heavy atom. The van der Waals surface area contributed by atoms with E-state index in [9.17, 15) is 0 Å². The number of rotatable bonds is 1. The monoisotopic (exact) mass is 224 g/mol. The van der Waals surface area contributed by atoms with Crippen LogP contribution in [-0.4, -0.2) is 73.4 Å². The number of hydrogen-bond acceptors (Lipinski definition) is 3. The molecule has 0 spiro atoms. The zero-order chi connectivity index (χ0) is 11.5. The smallest absolute Gasteiger partial charge is 0.115 e. The lowest BCUT2D eigenvalue weighted by Gasteiger charge is -2.32. The van der Waals surface area contributed by atoms with Crippen LogP contribution in [0.5, 0.6) is 0 Å². The van der Waals surface area contributed by atoms with Crippen LogP contribution in [0.1, 0.15) is 19.3 Å². The highest BCUT2D eigenvalue weighted by molar-refractivity contribution is 5.85. The van der Waals surface area contributed by atoms with Crippen LogP contribution in [0.2, 0.25) is 0 Å². The van der Waals surface area contributed by atoms with Gasteiger partial charge in [-0.3, -0.25) is 10.3 Å². The molecule has 4 nitrogen and oxygen atoms in total. The molecule has 2 fully saturated rings. The lowest BCUT2D eigenvalue weighted by atomic mass is 10.2. The first-order chi connectivity index (χ1) is 7.68. The van der Waals surface area contributed by atoms with Crippen molar-refractivity contribution in [2.24, 2.45) is 0 Å². The molecule has 2 heterocycles. The van der Waals surface area contributed by atoms with Crippen molar-refractivity contribution in [1.29, 1.82) is 5.41 Å². The van der Waals surface area contributed by atoms with Crippen LogP contribution in [-0.2, 0) is 0 Å². The summed E-state index contributed by atoms with van der Waals surface area (Å²) in [5, 5.41) is 8.36. The molecular weight excluding hydrogens is 200 g/mol. The number of likely N-dealkylation sites (tertiary alicyclic amines) is 1. The van der Waals surface area contributed by atoms with Crippen LogP contribution in [0.3, 0.4) is 0 Å². The molecule has 4 heteroatoms. The predicted molar refractivity (Wildman–Crippen MR) is 67.1 cm³/mol. The van der Waals surface area contributed by atoms with Crippen LogP contribution < -0.4 is 0 Å². The standard InChI is InChI=1S/C12H24N4/c1-14-6-5-7-15(2)11(10-14)12(13)16-8-3-4-9-16/h11,13H,3-10H2,1-2H3. The van der Waals surface area contributed by atoms with Crippen LogP contribution in [0, 0.1) is 5.41 Å². The first kappa shape index (κ1) is 11.9. The summed E-state index contributed by atoms with van der Waals surface area (Å²) in [4.78, 5) is 6.98. The topological polar surface area (TPSA) is 33.6 Å². The van der Waals surface area contributed by atoms with Gasteiger partial charge in [0.25, 0.3) is 0 Å². The number of nitrogens with zero attached hydrogens (tertiary/aromatic N) is 3. The molecule has 0 aliphatic carbocycles. The minimum atomic E-state index is 0.297. The van der Waals surface area contributed by atoms with Gasteiger partial charge in [-0.15, -0.1) is 0 Å². The van der Waals surface area contributed by atoms with Gasteiger partial charge in [-0.2, -0.15) is 0 Å². The Hall–Kier alpha value is -0.610. The molecule has 0 aromatic heterocycles. The maximum absolute atomic E-state index is 8.36. The van der Waals surface area contributed by atoms with Crippen molar-refractivity contribution in [1.82, 2.24) is 14.7 Å². The largest absolute Gasteiger partial charge is 0.359 e. The van der Waals surface area contributed by atoms with Crippen LogP contribution in [0.25, 0.3) is 0 Å². The van der Waals surface area contributed by atoms with E-state index in [-0.39, 0.29) is 0 Å². The van der Waals surface area contributed by atoms with E-state index in [0.29, 0.717) is 6.04 Å². The summed E-state index contributed by atoms with van der Waals surface area (Å²) in [5.41, 5.74) is 0. The molecule has 0 bridgehead atoms. The fourth-order valence-corrected chi connectivity index (χ4v) is 2.74. The van der Waals surface area contributed by atoms with E-state index in [2.05, 4.69) is 28.8 Å². The highest BCUT2D eigenvalue weighted by Gasteiger charge is 2.28. The molecule has 92 valence electrons. The molecule has 16 heavy (non-hydrogen) atoms. The lowest BCUT2D eigenvalue weighted by molar-refractivity contribution is 0.261. The number of likely N-dealkylation sites (N-methyl/N-ethyl adjacent to an activating group) is 2. The summed E-state index contributed by atoms with van der Waals surface area (Å²) < 4.78 is 0. The molecule has 1 atom stereocenters. The van der Waals surface area contributed by atoms with Gasteiger partial charge in [0.05, 0.1) is 6.04 Å². The third kappa shape index (κ3) is 2.55. The van der Waals surface area contributed by atoms with E-state index in [0.717, 1.165) is 38.6 Å². The van der Waals surface area contributed by atoms with Crippen molar-refractivity contribution >= 4 is 5.84 Å². The van der Waals surface area contributed by atoms with Crippen LogP contribution in [0.15, 0.2) is 0 Å². The van der Waals surface area contributed by atoms with E-state index in [1.807, 2.05) is 0 Å². The molecule has 0 aromatic rings. The number of nitrogens with one attached hydrogen (secondary N) is 1. The molecule has 2 rings (SSSR count). The first-order valence-corrected chi connectivity index (χ1v) is 6.40. The van der Waals surface area contributed by atoms with E-state index < -0.39 is 0 Å². The number of hydrogen-bond donors (Lipinski definition) is 1. The van der Waals surface area contributed by atoms with Crippen molar-refractivity contribution in [3.63, 3.8) is 0 Å². The van der Waals surface area contributed by atoms with Gasteiger partial charge in [0.1, 0.15) is 5.84 Å². The van der Waals surface area contributed by atoms with E-state index in [4.69, 9.17) is 5.41 Å². The summed E-state index contributed by atoms with van der Waals surface area (Å²) >= 11 is 0. The average molecular weight is 224 g/mol. The molecule has 0 saturated carbocycles. The normalized spacial score (nSPS) is 29.4. The van der Waals surface area contributed by atoms with Gasteiger partial charge < -0.3 is 9.80 Å². The summed E-state index contributed by atoms with van der Waals surface area (Å²) in [6.45, 7) is 5.46. The second-order valence-corrected chi connectivity index (χ2v) is 5.19. The van der Waals surface area contributed by atoms with Gasteiger partial charge in [0, 0.05) is 19.6 Å². The molecule has 0 amide bonds. The lowest BCUT2D eigenvalue weighted by Crippen LogP contribution is -2.49. The maximum Gasteiger partial charge on any atom is 0.115 e. The summed E-state index contributed by atoms with van der Waals surface area (Å²) in [6.07, 6.45) is 3.74. The summed E-state index contributed by atoms with van der Waals surface area (Å²) in [6, 6.07) is 0.297. The van der Waals surface area contributed by atoms with Gasteiger partial charge in [-0.05, 0) is 46.4 Å². The highest BCUT2D eigenvalue weighted by Crippen LogP contribution is 2.14. The Morgan fingerprint density at radius 3 is 2.38 bits per heavy atom. The van der Waals surface area contributed by atoms with Crippen LogP contribution >= 0.6 is 0 Å². The quantitative estimate of drug-likeness (QED) is 0.526. The summed E-state index contributed by atoms with van der Waals surface area (Å²) in [5.74, 6) is 0.841. The molecule has 2 aliphatic rings. The van der Waals surface area contributed by atoms with Gasteiger partial charge in [0.2, 0.25) is 0 Å². The zero-order valence-corrected chi connectivity index (χ0v) is 10.6. The van der Waals surface area contributed by atoms with E-state index in [1.165, 1.54) is 19.3 Å². The molecule has 0 aromatic carbocycles. The Balaban J connectivity index is 2.01. The minimum absolute atomic E-state index is 0.297. The minimum Gasteiger partial charge on any atom is -0.359 e. The van der Waals surface area contributed by atoms with Gasteiger partial charge in [-0.25, -0.2) is 0 Å². The molecule has 1 unspecified atom stereocenters. The third-order valence-electron chi connectivity index (χ3n) is 3.83. The fourth-order valence-electron chi connectivity index (χ4n) is 2.74. The predicted octanol–water partition coefficient (Wildman–Crippen LogP) is 0.695. The van der Waals surface area contributed by atoms with Crippen LogP contribution in [0.4, 0.5) is 0 Å². The second kappa shape index (κ2) is 5.15. The molecule has 2 aliphatic heterocycles. The summed E-state index contributed by atoms with van der Waals surface area (Å²) in [7, 11) is 4.33. The Bertz CT molecular complexity index is 247. The van der Waals surface area contributed by atoms with Crippen molar-refractivity contribution in [2.45, 2.75) is 25.3 Å². The van der Waals surface area contributed by atoms with E-state index >= 15 is 0 Å². The Labute approximate surface area is 98.7 Å².